The van der Waals surface area contributed by atoms with Crippen molar-refractivity contribution in [2.24, 2.45) is 0 Å². The van der Waals surface area contributed by atoms with Crippen LogP contribution in [0.1, 0.15) is 6.92 Å². The van der Waals surface area contributed by atoms with Gasteiger partial charge in [0.05, 0.1) is 18.8 Å². The van der Waals surface area contributed by atoms with Crippen molar-refractivity contribution in [3.05, 3.63) is 60.7 Å². The molecule has 7 heteroatoms. The number of aliphatic hydroxyl groups excluding tert-OH is 1. The van der Waals surface area contributed by atoms with E-state index in [0.29, 0.717) is 23.0 Å². The molecule has 4 rings (SSSR count). The summed E-state index contributed by atoms with van der Waals surface area (Å²) in [6, 6.07) is 18.7. The molecule has 0 aliphatic carbocycles. The van der Waals surface area contributed by atoms with Crippen LogP contribution in [0, 0.1) is 0 Å². The Morgan fingerprint density at radius 3 is 2.50 bits per heavy atom. The number of nitrogens with one attached hydrogen (secondary N) is 1. The number of carbonyl (C=O) groups is 1. The third-order valence-electron chi connectivity index (χ3n) is 4.51. The highest BCUT2D eigenvalue weighted by Gasteiger charge is 2.34. The number of nitrogens with zero attached hydrogens (tertiary/aromatic N) is 2. The molecule has 2 atom stereocenters. The average Bonchev–Trinajstić information content (AvgIpc) is 3.11. The molecule has 28 heavy (non-hydrogen) atoms. The molecule has 1 aromatic heterocycles. The summed E-state index contributed by atoms with van der Waals surface area (Å²) in [6.07, 6.45) is -1.25. The molecule has 0 saturated carbocycles. The standard InChI is InChI=1S/C21H21N3O4/c1-14-20(28-18-10-6-5-9-17(18)27-14)21(26)22-19-13-16(23-24(19)11-12-25)15-7-3-2-4-8-15/h2-10,13-14,20,25H,11-12H2,1H3,(H,22,26). The molecule has 144 valence electrons. The molecule has 0 saturated heterocycles. The van der Waals surface area contributed by atoms with E-state index in [2.05, 4.69) is 10.4 Å². The first-order chi connectivity index (χ1) is 13.7. The molecule has 0 bridgehead atoms. The maximum absolute atomic E-state index is 12.9. The monoisotopic (exact) mass is 379 g/mol. The number of ether oxygens (including phenoxy) is 2. The lowest BCUT2D eigenvalue weighted by molar-refractivity contribution is -0.128. The van der Waals surface area contributed by atoms with Gasteiger partial charge in [-0.05, 0) is 19.1 Å². The minimum atomic E-state index is -0.799. The molecule has 2 unspecified atom stereocenters. The number of para-hydroxylation sites is 2. The highest BCUT2D eigenvalue weighted by Crippen LogP contribution is 2.33. The van der Waals surface area contributed by atoms with Gasteiger partial charge in [0, 0.05) is 11.6 Å². The SMILES string of the molecule is CC1Oc2ccccc2OC1C(=O)Nc1cc(-c2ccccc2)nn1CCO. The quantitative estimate of drug-likeness (QED) is 0.712. The van der Waals surface area contributed by atoms with E-state index in [1.807, 2.05) is 48.5 Å². The first-order valence-electron chi connectivity index (χ1n) is 9.13. The zero-order valence-corrected chi connectivity index (χ0v) is 15.4. The number of carbonyl (C=O) groups excluding carboxylic acids is 1. The Labute approximate surface area is 162 Å². The van der Waals surface area contributed by atoms with Gasteiger partial charge in [-0.3, -0.25) is 4.79 Å². The van der Waals surface area contributed by atoms with Gasteiger partial charge in [-0.25, -0.2) is 4.68 Å². The summed E-state index contributed by atoms with van der Waals surface area (Å²) in [5.41, 5.74) is 1.64. The molecule has 0 radical (unpaired) electrons. The Kier molecular flexibility index (Phi) is 4.99. The van der Waals surface area contributed by atoms with Crippen LogP contribution in [0.3, 0.4) is 0 Å². The van der Waals surface area contributed by atoms with E-state index in [1.54, 1.807) is 23.7 Å². The van der Waals surface area contributed by atoms with Crippen LogP contribution >= 0.6 is 0 Å². The lowest BCUT2D eigenvalue weighted by Gasteiger charge is -2.30. The van der Waals surface area contributed by atoms with Gasteiger partial charge in [0.2, 0.25) is 6.10 Å². The fraction of sp³-hybridized carbons (Fsp3) is 0.238. The molecule has 2 N–H and O–H groups in total. The van der Waals surface area contributed by atoms with Gasteiger partial charge in [0.1, 0.15) is 11.9 Å². The van der Waals surface area contributed by atoms with E-state index in [-0.39, 0.29) is 19.1 Å². The number of aromatic nitrogens is 2. The zero-order chi connectivity index (χ0) is 19.5. The van der Waals surface area contributed by atoms with E-state index in [0.717, 1.165) is 5.56 Å². The van der Waals surface area contributed by atoms with Crippen LogP contribution < -0.4 is 14.8 Å². The summed E-state index contributed by atoms with van der Waals surface area (Å²) in [5, 5.41) is 16.7. The van der Waals surface area contributed by atoms with Gasteiger partial charge in [0.25, 0.3) is 5.91 Å². The Morgan fingerprint density at radius 2 is 1.79 bits per heavy atom. The lowest BCUT2D eigenvalue weighted by atomic mass is 10.1. The van der Waals surface area contributed by atoms with Gasteiger partial charge in [-0.1, -0.05) is 42.5 Å². The first-order valence-corrected chi connectivity index (χ1v) is 9.13. The van der Waals surface area contributed by atoms with Gasteiger partial charge >= 0.3 is 0 Å². The number of aliphatic hydroxyl groups is 1. The fourth-order valence-electron chi connectivity index (χ4n) is 3.14. The number of anilines is 1. The van der Waals surface area contributed by atoms with E-state index in [1.165, 1.54) is 0 Å². The van der Waals surface area contributed by atoms with Crippen molar-refractivity contribution in [3.8, 4) is 22.8 Å². The second kappa shape index (κ2) is 7.74. The Bertz CT molecular complexity index is 971. The van der Waals surface area contributed by atoms with Crippen LogP contribution in [0.2, 0.25) is 0 Å². The van der Waals surface area contributed by atoms with E-state index < -0.39 is 12.2 Å². The largest absolute Gasteiger partial charge is 0.482 e. The molecule has 1 aliphatic rings. The smallest absolute Gasteiger partial charge is 0.270 e. The van der Waals surface area contributed by atoms with Crippen LogP contribution in [0.25, 0.3) is 11.3 Å². The number of hydrogen-bond donors (Lipinski definition) is 2. The molecule has 2 heterocycles. The van der Waals surface area contributed by atoms with Crippen LogP contribution in [-0.4, -0.2) is 39.6 Å². The lowest BCUT2D eigenvalue weighted by Crippen LogP contribution is -2.46. The first kappa shape index (κ1) is 18.1. The predicted octanol–water partition coefficient (Wildman–Crippen LogP) is 2.71. The van der Waals surface area contributed by atoms with Crippen molar-refractivity contribution >= 4 is 11.7 Å². The summed E-state index contributed by atoms with van der Waals surface area (Å²) in [6.45, 7) is 1.97. The summed E-state index contributed by atoms with van der Waals surface area (Å²) < 4.78 is 13.2. The van der Waals surface area contributed by atoms with Crippen LogP contribution in [-0.2, 0) is 11.3 Å². The highest BCUT2D eigenvalue weighted by atomic mass is 16.6. The molecule has 3 aromatic rings. The molecule has 0 spiro atoms. The van der Waals surface area contributed by atoms with Crippen LogP contribution in [0.4, 0.5) is 5.82 Å². The molecule has 1 amide bonds. The Morgan fingerprint density at radius 1 is 1.11 bits per heavy atom. The number of rotatable bonds is 5. The minimum Gasteiger partial charge on any atom is -0.482 e. The minimum absolute atomic E-state index is 0.0917. The van der Waals surface area contributed by atoms with Gasteiger partial charge in [-0.2, -0.15) is 5.10 Å². The maximum Gasteiger partial charge on any atom is 0.270 e. The number of amides is 1. The third-order valence-corrected chi connectivity index (χ3v) is 4.51. The fourth-order valence-corrected chi connectivity index (χ4v) is 3.14. The number of fused-ring (bicyclic) bond motifs is 1. The van der Waals surface area contributed by atoms with Crippen molar-refractivity contribution in [2.75, 3.05) is 11.9 Å². The number of benzene rings is 2. The van der Waals surface area contributed by atoms with Gasteiger partial charge in [-0.15, -0.1) is 0 Å². The van der Waals surface area contributed by atoms with E-state index >= 15 is 0 Å². The van der Waals surface area contributed by atoms with E-state index in [4.69, 9.17) is 9.47 Å². The molecular formula is C21H21N3O4. The second-order valence-electron chi connectivity index (χ2n) is 6.52. The third kappa shape index (κ3) is 3.57. The normalized spacial score (nSPS) is 17.9. The molecule has 7 nitrogen and oxygen atoms in total. The molecular weight excluding hydrogens is 358 g/mol. The van der Waals surface area contributed by atoms with Crippen molar-refractivity contribution in [1.82, 2.24) is 9.78 Å². The average molecular weight is 379 g/mol. The predicted molar refractivity (Wildman–Crippen MR) is 104 cm³/mol. The van der Waals surface area contributed by atoms with Gasteiger partial charge < -0.3 is 19.9 Å². The van der Waals surface area contributed by atoms with E-state index in [9.17, 15) is 9.90 Å². The van der Waals surface area contributed by atoms with Crippen molar-refractivity contribution in [3.63, 3.8) is 0 Å². The van der Waals surface area contributed by atoms with Gasteiger partial charge in [0.15, 0.2) is 11.5 Å². The zero-order valence-electron chi connectivity index (χ0n) is 15.4. The summed E-state index contributed by atoms with van der Waals surface area (Å²) >= 11 is 0. The highest BCUT2D eigenvalue weighted by molar-refractivity contribution is 5.94. The molecule has 2 aromatic carbocycles. The Hall–Kier alpha value is -3.32. The Balaban J connectivity index is 1.56. The summed E-state index contributed by atoms with van der Waals surface area (Å²) in [7, 11) is 0. The number of hydrogen-bond acceptors (Lipinski definition) is 5. The molecule has 0 fully saturated rings. The second-order valence-corrected chi connectivity index (χ2v) is 6.52. The van der Waals surface area contributed by atoms with Crippen LogP contribution in [0.5, 0.6) is 11.5 Å². The maximum atomic E-state index is 12.9. The van der Waals surface area contributed by atoms with Crippen LogP contribution in [0.15, 0.2) is 60.7 Å². The van der Waals surface area contributed by atoms with Crippen molar-refractivity contribution in [2.45, 2.75) is 25.7 Å². The summed E-state index contributed by atoms with van der Waals surface area (Å²) in [5.74, 6) is 1.32. The van der Waals surface area contributed by atoms with Crippen molar-refractivity contribution < 1.29 is 19.4 Å². The molecule has 1 aliphatic heterocycles. The summed E-state index contributed by atoms with van der Waals surface area (Å²) in [4.78, 5) is 12.9. The van der Waals surface area contributed by atoms with Crippen molar-refractivity contribution in [1.29, 1.82) is 0 Å². The topological polar surface area (TPSA) is 85.6 Å².